The number of aromatic nitrogens is 6. The van der Waals surface area contributed by atoms with Crippen molar-refractivity contribution >= 4 is 49.8 Å². The summed E-state index contributed by atoms with van der Waals surface area (Å²) in [5.41, 5.74) is 14.1. The molecule has 0 aliphatic rings. The van der Waals surface area contributed by atoms with Crippen LogP contribution in [0.3, 0.4) is 0 Å². The molecule has 59 heavy (non-hydrogen) atoms. The van der Waals surface area contributed by atoms with E-state index < -0.39 is 0 Å². The van der Waals surface area contributed by atoms with Gasteiger partial charge in [0.15, 0.2) is 5.82 Å². The van der Waals surface area contributed by atoms with Gasteiger partial charge in [-0.2, -0.15) is 0 Å². The molecular formula is C52H35N7. The summed E-state index contributed by atoms with van der Waals surface area (Å²) in [6, 6.07) is 66.6. The van der Waals surface area contributed by atoms with Crippen molar-refractivity contribution in [2.24, 2.45) is 0 Å². The molecule has 0 aliphatic heterocycles. The first-order valence-corrected chi connectivity index (χ1v) is 19.6. The molecule has 0 radical (unpaired) electrons. The first-order valence-electron chi connectivity index (χ1n) is 19.6. The van der Waals surface area contributed by atoms with Gasteiger partial charge in [-0.1, -0.05) is 84.9 Å². The lowest BCUT2D eigenvalue weighted by atomic mass is 10.0. The fraction of sp³-hybridized carbons (Fsp3) is 0. The summed E-state index contributed by atoms with van der Waals surface area (Å²) < 4.78 is 4.73. The Kier molecular flexibility index (Phi) is 8.33. The predicted octanol–water partition coefficient (Wildman–Crippen LogP) is 12.8. The molecule has 7 heteroatoms. The van der Waals surface area contributed by atoms with E-state index in [1.54, 1.807) is 0 Å². The van der Waals surface area contributed by atoms with Gasteiger partial charge in [0, 0.05) is 68.1 Å². The second-order valence-electron chi connectivity index (χ2n) is 14.5. The average molecular weight is 758 g/mol. The fourth-order valence-electron chi connectivity index (χ4n) is 8.26. The van der Waals surface area contributed by atoms with Gasteiger partial charge in [0.25, 0.3) is 0 Å². The van der Waals surface area contributed by atoms with Crippen LogP contribution < -0.4 is 4.90 Å². The van der Waals surface area contributed by atoms with Crippen molar-refractivity contribution in [1.29, 1.82) is 0 Å². The molecule has 4 heterocycles. The Morgan fingerprint density at radius 2 is 1.03 bits per heavy atom. The lowest BCUT2D eigenvalue weighted by Crippen LogP contribution is -2.09. The minimum atomic E-state index is 0.639. The zero-order valence-electron chi connectivity index (χ0n) is 31.8. The van der Waals surface area contributed by atoms with Crippen LogP contribution in [0, 0.1) is 0 Å². The maximum absolute atomic E-state index is 4.56. The smallest absolute Gasteiger partial charge is 0.162 e. The molecule has 0 atom stereocenters. The molecule has 0 aliphatic carbocycles. The second kappa shape index (κ2) is 14.4. The molecule has 0 fully saturated rings. The molecular weight excluding hydrogens is 723 g/mol. The molecule has 7 nitrogen and oxygen atoms in total. The minimum absolute atomic E-state index is 0.639. The number of rotatable bonds is 8. The standard InChI is InChI=1S/C52H35N7/c1-3-9-41(10-4-1)57-32-30-38-20-28-46-47-33-40(21-29-49(47)59(51(46)50(38)57)42-11-5-2-6-12-42)36-14-22-43(23-15-36)58(44-24-16-37(17-25-44)48-13-7-8-31-54-48)45-26-18-39(19-27-45)52-55-34-53-35-56-52/h1-35H. The summed E-state index contributed by atoms with van der Waals surface area (Å²) in [6.07, 6.45) is 7.05. The topological polar surface area (TPSA) is 64.7 Å². The fourth-order valence-corrected chi connectivity index (χ4v) is 8.26. The van der Waals surface area contributed by atoms with Crippen LogP contribution in [0.5, 0.6) is 0 Å². The third-order valence-electron chi connectivity index (χ3n) is 11.0. The van der Waals surface area contributed by atoms with Gasteiger partial charge in [-0.05, 0) is 114 Å². The molecule has 0 amide bonds. The molecule has 278 valence electrons. The van der Waals surface area contributed by atoms with Crippen LogP contribution in [0.15, 0.2) is 213 Å². The monoisotopic (exact) mass is 757 g/mol. The summed E-state index contributed by atoms with van der Waals surface area (Å²) in [5, 5.41) is 3.63. The van der Waals surface area contributed by atoms with E-state index in [4.69, 9.17) is 0 Å². The maximum Gasteiger partial charge on any atom is 0.162 e. The number of pyridine rings is 1. The van der Waals surface area contributed by atoms with Crippen LogP contribution in [-0.2, 0) is 0 Å². The van der Waals surface area contributed by atoms with E-state index in [0.717, 1.165) is 56.4 Å². The summed E-state index contributed by atoms with van der Waals surface area (Å²) in [6.45, 7) is 0. The molecule has 0 spiro atoms. The summed E-state index contributed by atoms with van der Waals surface area (Å²) in [4.78, 5) is 19.5. The lowest BCUT2D eigenvalue weighted by Gasteiger charge is -2.26. The molecule has 7 aromatic carbocycles. The van der Waals surface area contributed by atoms with E-state index in [1.807, 2.05) is 24.4 Å². The zero-order valence-corrected chi connectivity index (χ0v) is 31.8. The SMILES string of the molecule is c1ccc(-n2ccc3ccc4c5cc(-c6ccc(N(c7ccc(-c8ccccn8)cc7)c7ccc(-c8ncncn8)cc7)cc6)ccc5n(-c5ccccc5)c4c32)cc1. The number of benzene rings is 7. The van der Waals surface area contributed by atoms with Gasteiger partial charge >= 0.3 is 0 Å². The third-order valence-corrected chi connectivity index (χ3v) is 11.0. The van der Waals surface area contributed by atoms with Crippen molar-refractivity contribution < 1.29 is 0 Å². The summed E-state index contributed by atoms with van der Waals surface area (Å²) in [7, 11) is 0. The average Bonchev–Trinajstić information content (AvgIpc) is 3.90. The number of hydrogen-bond acceptors (Lipinski definition) is 5. The Bertz CT molecular complexity index is 3130. The highest BCUT2D eigenvalue weighted by atomic mass is 15.1. The van der Waals surface area contributed by atoms with Crippen LogP contribution in [-0.4, -0.2) is 29.1 Å². The van der Waals surface area contributed by atoms with Crippen molar-refractivity contribution in [1.82, 2.24) is 29.1 Å². The van der Waals surface area contributed by atoms with Crippen molar-refractivity contribution in [3.63, 3.8) is 0 Å². The number of para-hydroxylation sites is 2. The van der Waals surface area contributed by atoms with Gasteiger partial charge in [-0.25, -0.2) is 15.0 Å². The predicted molar refractivity (Wildman–Crippen MR) is 240 cm³/mol. The van der Waals surface area contributed by atoms with Gasteiger partial charge in [-0.15, -0.1) is 0 Å². The van der Waals surface area contributed by atoms with Gasteiger partial charge in [-0.3, -0.25) is 4.98 Å². The Morgan fingerprint density at radius 1 is 0.424 bits per heavy atom. The maximum atomic E-state index is 4.56. The normalized spacial score (nSPS) is 11.4. The van der Waals surface area contributed by atoms with Gasteiger partial charge in [0.1, 0.15) is 12.7 Å². The second-order valence-corrected chi connectivity index (χ2v) is 14.5. The molecule has 4 aromatic heterocycles. The number of hydrogen-bond donors (Lipinski definition) is 0. The highest BCUT2D eigenvalue weighted by molar-refractivity contribution is 6.18. The zero-order chi connectivity index (χ0) is 39.1. The molecule has 11 rings (SSSR count). The van der Waals surface area contributed by atoms with E-state index in [0.29, 0.717) is 5.82 Å². The van der Waals surface area contributed by atoms with E-state index in [1.165, 1.54) is 45.4 Å². The Labute approximate surface area is 340 Å². The first kappa shape index (κ1) is 34.1. The van der Waals surface area contributed by atoms with Crippen LogP contribution in [0.2, 0.25) is 0 Å². The molecule has 11 aromatic rings. The third kappa shape index (κ3) is 6.09. The van der Waals surface area contributed by atoms with Gasteiger partial charge < -0.3 is 14.0 Å². The van der Waals surface area contributed by atoms with E-state index in [-0.39, 0.29) is 0 Å². The van der Waals surface area contributed by atoms with Crippen LogP contribution in [0.4, 0.5) is 17.1 Å². The highest BCUT2D eigenvalue weighted by Gasteiger charge is 2.19. The van der Waals surface area contributed by atoms with Crippen LogP contribution in [0.1, 0.15) is 0 Å². The van der Waals surface area contributed by atoms with Crippen LogP contribution >= 0.6 is 0 Å². The van der Waals surface area contributed by atoms with E-state index in [9.17, 15) is 0 Å². The van der Waals surface area contributed by atoms with Crippen LogP contribution in [0.25, 0.3) is 77.9 Å². The van der Waals surface area contributed by atoms with Gasteiger partial charge in [0.2, 0.25) is 0 Å². The number of fused-ring (bicyclic) bond motifs is 5. The lowest BCUT2D eigenvalue weighted by molar-refractivity contribution is 1.06. The first-order chi connectivity index (χ1) is 29.3. The molecule has 0 unspecified atom stereocenters. The quantitative estimate of drug-likeness (QED) is 0.154. The van der Waals surface area contributed by atoms with Crippen molar-refractivity contribution in [3.8, 4) is 45.1 Å². The van der Waals surface area contributed by atoms with Crippen molar-refractivity contribution in [2.75, 3.05) is 4.90 Å². The molecule has 0 saturated carbocycles. The molecule has 0 N–H and O–H groups in total. The molecule has 0 saturated heterocycles. The summed E-state index contributed by atoms with van der Waals surface area (Å²) in [5.74, 6) is 0.639. The Hall–Kier alpha value is -8.16. The largest absolute Gasteiger partial charge is 0.315 e. The van der Waals surface area contributed by atoms with Crippen molar-refractivity contribution in [2.45, 2.75) is 0 Å². The minimum Gasteiger partial charge on any atom is -0.315 e. The van der Waals surface area contributed by atoms with Crippen molar-refractivity contribution in [3.05, 3.63) is 213 Å². The highest BCUT2D eigenvalue weighted by Crippen LogP contribution is 2.41. The number of anilines is 3. The van der Waals surface area contributed by atoms with Gasteiger partial charge in [0.05, 0.1) is 22.2 Å². The Morgan fingerprint density at radius 3 is 1.69 bits per heavy atom. The summed E-state index contributed by atoms with van der Waals surface area (Å²) >= 11 is 0. The van der Waals surface area contributed by atoms with E-state index >= 15 is 0 Å². The Balaban J connectivity index is 1.02. The molecule has 0 bridgehead atoms. The number of nitrogens with zero attached hydrogens (tertiary/aromatic N) is 7. The van der Waals surface area contributed by atoms with E-state index in [2.05, 4.69) is 210 Å².